The van der Waals surface area contributed by atoms with Gasteiger partial charge >= 0.3 is 55.6 Å². The van der Waals surface area contributed by atoms with E-state index in [4.69, 9.17) is 18.8 Å². The summed E-state index contributed by atoms with van der Waals surface area (Å²) in [6.45, 7) is 11.5. The van der Waals surface area contributed by atoms with Crippen molar-refractivity contribution in [1.29, 1.82) is 0 Å². The van der Waals surface area contributed by atoms with Gasteiger partial charge in [-0.2, -0.15) is 8.42 Å². The van der Waals surface area contributed by atoms with E-state index in [1.54, 1.807) is 0 Å². The predicted molar refractivity (Wildman–Crippen MR) is 123 cm³/mol. The third-order valence-electron chi connectivity index (χ3n) is 4.56. The van der Waals surface area contributed by atoms with Crippen LogP contribution in [-0.2, 0) is 38.7 Å². The molecule has 9 nitrogen and oxygen atoms in total. The van der Waals surface area contributed by atoms with Crippen LogP contribution < -0.4 is 0 Å². The smallest absolute Gasteiger partial charge is 1.00 e. The number of hydrogen-bond donors (Lipinski definition) is 1. The summed E-state index contributed by atoms with van der Waals surface area (Å²) in [4.78, 5) is 36.8. The SMILES string of the molecule is C=C(C)C(=O)OCC(CCCCCC)(COC(=O)C(=C)C)C(=O)OCC(C)S(=O)(=O)O.[Ca+2].[H-].[H-]. The summed E-state index contributed by atoms with van der Waals surface area (Å²) in [6, 6.07) is 0. The number of rotatable bonds is 15. The Morgan fingerprint density at radius 2 is 1.44 bits per heavy atom. The van der Waals surface area contributed by atoms with Gasteiger partial charge < -0.3 is 17.1 Å². The van der Waals surface area contributed by atoms with Crippen LogP contribution in [-0.4, -0.2) is 93.7 Å². The van der Waals surface area contributed by atoms with Crippen molar-refractivity contribution in [3.05, 3.63) is 24.3 Å². The van der Waals surface area contributed by atoms with Crippen LogP contribution in [0.3, 0.4) is 0 Å². The maximum absolute atomic E-state index is 13.0. The standard InChI is InChI=1S/C21H34O9S.Ca.2H/c1-7-8-9-10-11-21(13-29-18(22)15(2)3,14-30-19(23)16(4)5)20(24)28-12-17(6)31(25,26)27;;;/h17H,2,4,7-14H2,1,3,5-6H3,(H,25,26,27);;;/q;+2;2*-1. The molecule has 0 radical (unpaired) electrons. The normalized spacial score (nSPS) is 12.2. The molecule has 0 amide bonds. The molecule has 0 aromatic carbocycles. The van der Waals surface area contributed by atoms with Crippen LogP contribution in [0.25, 0.3) is 0 Å². The Hall–Kier alpha value is -0.940. The van der Waals surface area contributed by atoms with Gasteiger partial charge in [-0.1, -0.05) is 45.8 Å². The van der Waals surface area contributed by atoms with Crippen LogP contribution in [0.1, 0.15) is 62.7 Å². The Bertz CT molecular complexity index is 755. The summed E-state index contributed by atoms with van der Waals surface area (Å²) < 4.78 is 47.1. The van der Waals surface area contributed by atoms with Crippen molar-refractivity contribution in [2.75, 3.05) is 19.8 Å². The molecule has 0 aliphatic rings. The molecule has 0 rings (SSSR count). The number of carbonyl (C=O) groups excluding carboxylic acids is 3. The zero-order chi connectivity index (χ0) is 24.2. The second kappa shape index (κ2) is 15.8. The van der Waals surface area contributed by atoms with Gasteiger partial charge in [-0.3, -0.25) is 9.35 Å². The van der Waals surface area contributed by atoms with Crippen LogP contribution in [0.4, 0.5) is 0 Å². The number of unbranched alkanes of at least 4 members (excludes halogenated alkanes) is 3. The van der Waals surface area contributed by atoms with E-state index in [-0.39, 0.29) is 58.2 Å². The minimum atomic E-state index is -4.41. The second-order valence-electron chi connectivity index (χ2n) is 7.73. The van der Waals surface area contributed by atoms with Gasteiger partial charge in [0.05, 0.1) is 0 Å². The first-order valence-electron chi connectivity index (χ1n) is 10.1. The van der Waals surface area contributed by atoms with Crippen molar-refractivity contribution in [2.24, 2.45) is 5.41 Å². The van der Waals surface area contributed by atoms with Crippen molar-refractivity contribution in [3.8, 4) is 0 Å². The molecule has 11 heteroatoms. The minimum absolute atomic E-state index is 0. The van der Waals surface area contributed by atoms with Crippen LogP contribution >= 0.6 is 0 Å². The van der Waals surface area contributed by atoms with Crippen LogP contribution in [0.15, 0.2) is 24.3 Å². The van der Waals surface area contributed by atoms with Gasteiger partial charge in [-0.05, 0) is 27.2 Å². The molecular weight excluding hydrogens is 468 g/mol. The summed E-state index contributed by atoms with van der Waals surface area (Å²) in [6.07, 6.45) is 3.33. The molecule has 0 saturated heterocycles. The quantitative estimate of drug-likeness (QED) is 0.0892. The summed E-state index contributed by atoms with van der Waals surface area (Å²) in [5.74, 6) is -2.37. The first-order chi connectivity index (χ1) is 14.3. The molecule has 32 heavy (non-hydrogen) atoms. The number of esters is 3. The fourth-order valence-electron chi connectivity index (χ4n) is 2.38. The zero-order valence-electron chi connectivity index (χ0n) is 21.5. The van der Waals surface area contributed by atoms with E-state index >= 15 is 0 Å². The third-order valence-corrected chi connectivity index (χ3v) is 5.71. The van der Waals surface area contributed by atoms with Gasteiger partial charge in [-0.15, -0.1) is 0 Å². The van der Waals surface area contributed by atoms with E-state index in [9.17, 15) is 22.8 Å². The molecule has 0 spiro atoms. The summed E-state index contributed by atoms with van der Waals surface area (Å²) >= 11 is 0. The molecule has 1 N–H and O–H groups in total. The average molecular weight is 505 g/mol. The van der Waals surface area contributed by atoms with Gasteiger partial charge in [0.1, 0.15) is 30.5 Å². The molecular formula is C21H36CaO9S. The van der Waals surface area contributed by atoms with Crippen molar-refractivity contribution >= 4 is 65.8 Å². The molecule has 0 aliphatic heterocycles. The van der Waals surface area contributed by atoms with Gasteiger partial charge in [0.15, 0.2) is 0 Å². The van der Waals surface area contributed by atoms with E-state index in [0.717, 1.165) is 19.3 Å². The molecule has 1 unspecified atom stereocenters. The number of ether oxygens (including phenoxy) is 3. The van der Waals surface area contributed by atoms with Gasteiger partial charge in [0.2, 0.25) is 0 Å². The van der Waals surface area contributed by atoms with Crippen molar-refractivity contribution < 1.29 is 44.4 Å². The van der Waals surface area contributed by atoms with Crippen molar-refractivity contribution in [2.45, 2.75) is 65.0 Å². The first kappa shape index (κ1) is 33.2. The maximum atomic E-state index is 13.0. The fraction of sp³-hybridized carbons (Fsp3) is 0.667. The number of carbonyl (C=O) groups is 3. The van der Waals surface area contributed by atoms with Crippen molar-refractivity contribution in [1.82, 2.24) is 0 Å². The third kappa shape index (κ3) is 12.3. The van der Waals surface area contributed by atoms with E-state index in [2.05, 4.69) is 13.2 Å². The molecule has 1 atom stereocenters. The minimum Gasteiger partial charge on any atom is -1.00 e. The van der Waals surface area contributed by atoms with Crippen molar-refractivity contribution in [3.63, 3.8) is 0 Å². The summed E-state index contributed by atoms with van der Waals surface area (Å²) in [5.41, 5.74) is -1.32. The van der Waals surface area contributed by atoms with Gasteiger partial charge in [0.25, 0.3) is 10.1 Å². The molecule has 0 aromatic heterocycles. The Balaban J connectivity index is -0.00000150. The zero-order valence-corrected chi connectivity index (χ0v) is 22.5. The van der Waals surface area contributed by atoms with Crippen LogP contribution in [0.2, 0.25) is 0 Å². The van der Waals surface area contributed by atoms with E-state index in [1.807, 2.05) is 6.92 Å². The largest absolute Gasteiger partial charge is 2.00 e. The van der Waals surface area contributed by atoms with E-state index < -0.39 is 58.5 Å². The monoisotopic (exact) mass is 504 g/mol. The molecule has 182 valence electrons. The molecule has 0 fully saturated rings. The average Bonchev–Trinajstić information content (AvgIpc) is 2.68. The topological polar surface area (TPSA) is 133 Å². The maximum Gasteiger partial charge on any atom is 2.00 e. The first-order valence-corrected chi connectivity index (χ1v) is 11.6. The second-order valence-corrected chi connectivity index (χ2v) is 9.56. The molecule has 0 bridgehead atoms. The Kier molecular flexibility index (Phi) is 16.4. The van der Waals surface area contributed by atoms with Gasteiger partial charge in [-0.25, -0.2) is 9.59 Å². The van der Waals surface area contributed by atoms with E-state index in [1.165, 1.54) is 20.8 Å². The molecule has 0 heterocycles. The van der Waals surface area contributed by atoms with Gasteiger partial charge in [0, 0.05) is 11.1 Å². The fourth-order valence-corrected chi connectivity index (χ4v) is 2.62. The summed E-state index contributed by atoms with van der Waals surface area (Å²) in [5, 5.41) is -1.36. The van der Waals surface area contributed by atoms with Crippen LogP contribution in [0.5, 0.6) is 0 Å². The molecule has 0 aliphatic carbocycles. The predicted octanol–water partition coefficient (Wildman–Crippen LogP) is 2.85. The van der Waals surface area contributed by atoms with Crippen LogP contribution in [0, 0.1) is 5.41 Å². The summed E-state index contributed by atoms with van der Waals surface area (Å²) in [7, 11) is -4.41. The Morgan fingerprint density at radius 3 is 1.81 bits per heavy atom. The van der Waals surface area contributed by atoms with E-state index in [0.29, 0.717) is 6.42 Å². The molecule has 0 saturated carbocycles. The Morgan fingerprint density at radius 1 is 0.969 bits per heavy atom. The number of hydrogen-bond acceptors (Lipinski definition) is 8. The Labute approximate surface area is 223 Å². The molecule has 0 aromatic rings.